The monoisotopic (exact) mass is 308 g/mol. The number of aryl methyl sites for hydroxylation is 1. The third-order valence-electron chi connectivity index (χ3n) is 4.50. The van der Waals surface area contributed by atoms with Crippen molar-refractivity contribution >= 4 is 11.8 Å². The van der Waals surface area contributed by atoms with E-state index in [0.717, 1.165) is 0 Å². The summed E-state index contributed by atoms with van der Waals surface area (Å²) < 4.78 is 4.77. The molecule has 0 spiro atoms. The Morgan fingerprint density at radius 1 is 1.32 bits per heavy atom. The van der Waals surface area contributed by atoms with Crippen molar-refractivity contribution in [2.75, 3.05) is 20.2 Å². The highest BCUT2D eigenvalue weighted by molar-refractivity contribution is 6.03. The van der Waals surface area contributed by atoms with Crippen LogP contribution in [0.2, 0.25) is 0 Å². The number of nitrogens with zero attached hydrogens (tertiary/aromatic N) is 1. The van der Waals surface area contributed by atoms with E-state index in [4.69, 9.17) is 4.74 Å². The average molecular weight is 308 g/mol. The Balaban J connectivity index is 2.21. The number of esters is 1. The fourth-order valence-corrected chi connectivity index (χ4v) is 3.05. The summed E-state index contributed by atoms with van der Waals surface area (Å²) in [5.74, 6) is -0.466. The lowest BCUT2D eigenvalue weighted by atomic mass is 10.0. The molecular formula is C16H24N2O4. The molecule has 6 heteroatoms. The summed E-state index contributed by atoms with van der Waals surface area (Å²) in [6.07, 6.45) is 1.11. The minimum absolute atomic E-state index is 0.0351. The predicted molar refractivity (Wildman–Crippen MR) is 82.2 cm³/mol. The van der Waals surface area contributed by atoms with Crippen LogP contribution in [-0.4, -0.2) is 59.1 Å². The Labute approximate surface area is 130 Å². The van der Waals surface area contributed by atoms with E-state index in [1.807, 2.05) is 6.92 Å². The van der Waals surface area contributed by atoms with Crippen LogP contribution in [-0.2, 0) is 4.74 Å². The zero-order chi connectivity index (χ0) is 16.4. The molecular weight excluding hydrogens is 284 g/mol. The maximum Gasteiger partial charge on any atom is 0.339 e. The van der Waals surface area contributed by atoms with Gasteiger partial charge in [0.1, 0.15) is 0 Å². The van der Waals surface area contributed by atoms with Gasteiger partial charge in [0.25, 0.3) is 0 Å². The molecule has 0 saturated carbocycles. The number of hydrogen-bond donors (Lipinski definition) is 2. The first kappa shape index (κ1) is 16.7. The number of ketones is 1. The molecule has 2 heterocycles. The predicted octanol–water partition coefficient (Wildman–Crippen LogP) is 1.45. The Morgan fingerprint density at radius 2 is 1.91 bits per heavy atom. The van der Waals surface area contributed by atoms with Crippen molar-refractivity contribution in [1.82, 2.24) is 9.88 Å². The van der Waals surface area contributed by atoms with Crippen LogP contribution < -0.4 is 0 Å². The smallest absolute Gasteiger partial charge is 0.339 e. The second-order valence-electron chi connectivity index (χ2n) is 5.92. The van der Waals surface area contributed by atoms with Crippen molar-refractivity contribution in [3.05, 3.63) is 22.5 Å². The van der Waals surface area contributed by atoms with Crippen molar-refractivity contribution in [3.63, 3.8) is 0 Å². The van der Waals surface area contributed by atoms with E-state index in [0.29, 0.717) is 48.4 Å². The van der Waals surface area contributed by atoms with Crippen molar-refractivity contribution in [2.24, 2.45) is 0 Å². The van der Waals surface area contributed by atoms with E-state index in [-0.39, 0.29) is 17.9 Å². The van der Waals surface area contributed by atoms with Gasteiger partial charge >= 0.3 is 5.97 Å². The molecule has 6 nitrogen and oxygen atoms in total. The second kappa shape index (κ2) is 6.62. The van der Waals surface area contributed by atoms with Crippen LogP contribution in [0, 0.1) is 13.8 Å². The second-order valence-corrected chi connectivity index (χ2v) is 5.92. The lowest BCUT2D eigenvalue weighted by molar-refractivity contribution is 0.0546. The number of piperidine rings is 1. The van der Waals surface area contributed by atoms with Crippen LogP contribution in [0.4, 0.5) is 0 Å². The summed E-state index contributed by atoms with van der Waals surface area (Å²) >= 11 is 0. The SMILES string of the molecule is COC(=O)c1c(C)[nH]c(C(=O)C(C)N2CCC(O)CC2)c1C. The average Bonchev–Trinajstić information content (AvgIpc) is 2.80. The van der Waals surface area contributed by atoms with Crippen LogP contribution in [0.3, 0.4) is 0 Å². The summed E-state index contributed by atoms with van der Waals surface area (Å²) in [5, 5.41) is 9.57. The van der Waals surface area contributed by atoms with E-state index in [2.05, 4.69) is 9.88 Å². The number of H-pyrrole nitrogens is 1. The molecule has 122 valence electrons. The molecule has 0 aromatic carbocycles. The largest absolute Gasteiger partial charge is 0.465 e. The van der Waals surface area contributed by atoms with Gasteiger partial charge in [0.15, 0.2) is 5.78 Å². The fraction of sp³-hybridized carbons (Fsp3) is 0.625. The van der Waals surface area contributed by atoms with E-state index in [1.54, 1.807) is 13.8 Å². The van der Waals surface area contributed by atoms with Crippen molar-refractivity contribution in [2.45, 2.75) is 45.8 Å². The minimum atomic E-state index is -0.431. The molecule has 22 heavy (non-hydrogen) atoms. The zero-order valence-corrected chi connectivity index (χ0v) is 13.6. The van der Waals surface area contributed by atoms with Crippen LogP contribution in [0.15, 0.2) is 0 Å². The van der Waals surface area contributed by atoms with Gasteiger partial charge in [-0.05, 0) is 39.2 Å². The van der Waals surface area contributed by atoms with Gasteiger partial charge in [-0.25, -0.2) is 4.79 Å². The molecule has 2 N–H and O–H groups in total. The molecule has 2 rings (SSSR count). The molecule has 0 amide bonds. The first-order valence-electron chi connectivity index (χ1n) is 7.60. The van der Waals surface area contributed by atoms with Gasteiger partial charge in [0.2, 0.25) is 0 Å². The van der Waals surface area contributed by atoms with E-state index in [1.165, 1.54) is 7.11 Å². The van der Waals surface area contributed by atoms with E-state index < -0.39 is 5.97 Å². The molecule has 1 aliphatic rings. The standard InChI is InChI=1S/C16H24N2O4/c1-9-13(16(21)22-4)10(2)17-14(9)15(20)11(3)18-7-5-12(19)6-8-18/h11-12,17,19H,5-8H2,1-4H3. The molecule has 1 unspecified atom stereocenters. The van der Waals surface area contributed by atoms with Gasteiger partial charge in [-0.1, -0.05) is 0 Å². The van der Waals surface area contributed by atoms with Gasteiger partial charge in [0, 0.05) is 18.8 Å². The Bertz CT molecular complexity index is 571. The number of Topliss-reactive ketones (excluding diaryl/α,β-unsaturated/α-hetero) is 1. The summed E-state index contributed by atoms with van der Waals surface area (Å²) in [5.41, 5.74) is 2.19. The minimum Gasteiger partial charge on any atom is -0.465 e. The number of carbonyl (C=O) groups is 2. The highest BCUT2D eigenvalue weighted by atomic mass is 16.5. The number of aromatic amines is 1. The van der Waals surface area contributed by atoms with E-state index in [9.17, 15) is 14.7 Å². The van der Waals surface area contributed by atoms with Crippen molar-refractivity contribution in [1.29, 1.82) is 0 Å². The zero-order valence-electron chi connectivity index (χ0n) is 13.6. The van der Waals surface area contributed by atoms with Gasteiger partial charge in [-0.3, -0.25) is 9.69 Å². The van der Waals surface area contributed by atoms with Crippen LogP contribution in [0.25, 0.3) is 0 Å². The summed E-state index contributed by atoms with van der Waals surface area (Å²) in [6.45, 7) is 6.80. The Morgan fingerprint density at radius 3 is 2.45 bits per heavy atom. The van der Waals surface area contributed by atoms with Crippen molar-refractivity contribution in [3.8, 4) is 0 Å². The lowest BCUT2D eigenvalue weighted by Crippen LogP contribution is -2.45. The number of aromatic nitrogens is 1. The third kappa shape index (κ3) is 3.08. The Hall–Kier alpha value is -1.66. The maximum absolute atomic E-state index is 12.7. The quantitative estimate of drug-likeness (QED) is 0.650. The number of likely N-dealkylation sites (tertiary alicyclic amines) is 1. The normalized spacial score (nSPS) is 18.2. The number of aliphatic hydroxyl groups is 1. The number of rotatable bonds is 4. The molecule has 1 fully saturated rings. The molecule has 1 atom stereocenters. The van der Waals surface area contributed by atoms with Gasteiger partial charge in [-0.15, -0.1) is 0 Å². The number of hydrogen-bond acceptors (Lipinski definition) is 5. The van der Waals surface area contributed by atoms with Gasteiger partial charge in [0.05, 0.1) is 30.5 Å². The van der Waals surface area contributed by atoms with E-state index >= 15 is 0 Å². The molecule has 1 aromatic rings. The first-order valence-corrected chi connectivity index (χ1v) is 7.60. The van der Waals surface area contributed by atoms with Gasteiger partial charge in [-0.2, -0.15) is 0 Å². The van der Waals surface area contributed by atoms with Crippen LogP contribution >= 0.6 is 0 Å². The van der Waals surface area contributed by atoms with Crippen molar-refractivity contribution < 1.29 is 19.4 Å². The van der Waals surface area contributed by atoms with Gasteiger partial charge < -0.3 is 14.8 Å². The number of carbonyl (C=O) groups excluding carboxylic acids is 2. The Kier molecular flexibility index (Phi) is 5.03. The molecule has 1 aliphatic heterocycles. The first-order chi connectivity index (χ1) is 10.4. The molecule has 0 aliphatic carbocycles. The number of nitrogens with one attached hydrogen (secondary N) is 1. The summed E-state index contributed by atoms with van der Waals surface area (Å²) in [6, 6.07) is -0.283. The highest BCUT2D eigenvalue weighted by Gasteiger charge is 2.30. The highest BCUT2D eigenvalue weighted by Crippen LogP contribution is 2.22. The molecule has 1 aromatic heterocycles. The van der Waals surface area contributed by atoms with Crippen LogP contribution in [0.5, 0.6) is 0 Å². The lowest BCUT2D eigenvalue weighted by Gasteiger charge is -2.33. The number of ether oxygens (including phenoxy) is 1. The summed E-state index contributed by atoms with van der Waals surface area (Å²) in [7, 11) is 1.33. The fourth-order valence-electron chi connectivity index (χ4n) is 3.05. The molecule has 1 saturated heterocycles. The maximum atomic E-state index is 12.7. The number of aliphatic hydroxyl groups excluding tert-OH is 1. The molecule has 0 radical (unpaired) electrons. The third-order valence-corrected chi connectivity index (χ3v) is 4.50. The number of methoxy groups -OCH3 is 1. The summed E-state index contributed by atoms with van der Waals surface area (Å²) in [4.78, 5) is 29.6. The topological polar surface area (TPSA) is 82.6 Å². The van der Waals surface area contributed by atoms with Crippen LogP contribution in [0.1, 0.15) is 51.9 Å². The molecule has 0 bridgehead atoms.